The minimum Gasteiger partial charge on any atom is -0.412 e. The summed E-state index contributed by atoms with van der Waals surface area (Å²) in [6, 6.07) is 0. The van der Waals surface area contributed by atoms with Crippen molar-refractivity contribution in [3.05, 3.63) is 0 Å². The predicted octanol–water partition coefficient (Wildman–Crippen LogP) is -0.0108. The van der Waals surface area contributed by atoms with Crippen LogP contribution in [0.3, 0.4) is 0 Å². The van der Waals surface area contributed by atoms with Crippen LogP contribution in [0.5, 0.6) is 0 Å². The lowest BCUT2D eigenvalue weighted by molar-refractivity contribution is 0.505. The first kappa shape index (κ1) is 16.8. The molecule has 0 amide bonds. The summed E-state index contributed by atoms with van der Waals surface area (Å²) in [6.45, 7) is 0. The van der Waals surface area contributed by atoms with E-state index in [0.717, 1.165) is 0 Å². The van der Waals surface area contributed by atoms with Gasteiger partial charge in [0.05, 0.1) is 0 Å². The van der Waals surface area contributed by atoms with Gasteiger partial charge in [-0.15, -0.1) is 0 Å². The molecule has 0 saturated heterocycles. The third-order valence-corrected chi connectivity index (χ3v) is 0. The number of nitrogens with zero attached hydrogens (tertiary/aromatic N) is 1. The molecule has 2 N–H and O–H groups in total. The van der Waals surface area contributed by atoms with E-state index in [1.54, 1.807) is 0 Å². The molecule has 2 heteroatoms. The molecule has 0 aromatic carbocycles. The van der Waals surface area contributed by atoms with Crippen molar-refractivity contribution in [2.24, 2.45) is 0 Å². The van der Waals surface area contributed by atoms with E-state index < -0.39 is 0 Å². The molecule has 0 aliphatic heterocycles. The van der Waals surface area contributed by atoms with Crippen molar-refractivity contribution in [1.82, 2.24) is 4.90 Å². The summed E-state index contributed by atoms with van der Waals surface area (Å²) in [5, 5.41) is 0. The predicted molar refractivity (Wildman–Crippen MR) is 30.0 cm³/mol. The van der Waals surface area contributed by atoms with Crippen LogP contribution in [0.15, 0.2) is 0 Å². The first-order valence-electron chi connectivity index (χ1n) is 1.34. The van der Waals surface area contributed by atoms with Crippen molar-refractivity contribution >= 4 is 0 Å². The summed E-state index contributed by atoms with van der Waals surface area (Å²) in [7, 11) is 6.00. The fourth-order valence-electron chi connectivity index (χ4n) is 0. The summed E-state index contributed by atoms with van der Waals surface area (Å²) in [5.41, 5.74) is 0. The van der Waals surface area contributed by atoms with E-state index >= 15 is 0 Å². The molecule has 0 rings (SSSR count). The molecule has 0 fully saturated rings. The zero-order valence-electron chi connectivity index (χ0n) is 3.95. The number of rotatable bonds is 0. The highest BCUT2D eigenvalue weighted by Gasteiger charge is 1.58. The van der Waals surface area contributed by atoms with Crippen molar-refractivity contribution in [2.45, 2.75) is 7.43 Å². The van der Waals surface area contributed by atoms with Crippen LogP contribution in [-0.4, -0.2) is 31.5 Å². The highest BCUT2D eigenvalue weighted by molar-refractivity contribution is 4.09. The van der Waals surface area contributed by atoms with Gasteiger partial charge in [0.1, 0.15) is 0 Å². The quantitative estimate of drug-likeness (QED) is 0.415. The normalized spacial score (nSPS) is 6.00. The third-order valence-electron chi connectivity index (χ3n) is 0. The molecule has 6 heavy (non-hydrogen) atoms. The summed E-state index contributed by atoms with van der Waals surface area (Å²) in [6.07, 6.45) is 0. The molecule has 0 aliphatic carbocycles. The van der Waals surface area contributed by atoms with Gasteiger partial charge in [0.25, 0.3) is 0 Å². The van der Waals surface area contributed by atoms with E-state index in [1.807, 2.05) is 26.0 Å². The van der Waals surface area contributed by atoms with E-state index in [9.17, 15) is 0 Å². The summed E-state index contributed by atoms with van der Waals surface area (Å²) < 4.78 is 0. The Hall–Kier alpha value is -0.0800. The highest BCUT2D eigenvalue weighted by Crippen LogP contribution is 1.47. The summed E-state index contributed by atoms with van der Waals surface area (Å²) in [4.78, 5) is 2.00. The Bertz CT molecular complexity index is 12.3. The second-order valence-electron chi connectivity index (χ2n) is 1.34. The molecule has 0 saturated carbocycles. The average Bonchev–Trinajstić information content (AvgIpc) is 0.811. The maximum Gasteiger partial charge on any atom is -0.0140 e. The second kappa shape index (κ2) is 8.87. The second-order valence-corrected chi connectivity index (χ2v) is 1.34. The smallest absolute Gasteiger partial charge is 0.0140 e. The fraction of sp³-hybridized carbons (Fsp3) is 1.00. The lowest BCUT2D eigenvalue weighted by atomic mass is 11.0. The van der Waals surface area contributed by atoms with Crippen molar-refractivity contribution in [3.63, 3.8) is 0 Å². The van der Waals surface area contributed by atoms with Gasteiger partial charge in [-0.3, -0.25) is 0 Å². The van der Waals surface area contributed by atoms with E-state index in [-0.39, 0.29) is 12.9 Å². The van der Waals surface area contributed by atoms with Gasteiger partial charge in [0, 0.05) is 0 Å². The van der Waals surface area contributed by atoms with Crippen LogP contribution < -0.4 is 0 Å². The van der Waals surface area contributed by atoms with Crippen LogP contribution in [0.4, 0.5) is 0 Å². The minimum absolute atomic E-state index is 0. The molecule has 0 spiro atoms. The monoisotopic (exact) mass is 93.1 g/mol. The van der Waals surface area contributed by atoms with Crippen LogP contribution >= 0.6 is 0 Å². The fourth-order valence-corrected chi connectivity index (χ4v) is 0. The number of hydrogen-bond acceptors (Lipinski definition) is 1. The lowest BCUT2D eigenvalue weighted by Gasteiger charge is -1.90. The van der Waals surface area contributed by atoms with Gasteiger partial charge >= 0.3 is 0 Å². The van der Waals surface area contributed by atoms with Crippen LogP contribution in [0, 0.1) is 0 Å². The van der Waals surface area contributed by atoms with Crippen molar-refractivity contribution < 1.29 is 5.48 Å². The molecule has 0 bridgehead atoms. The molecule has 0 radical (unpaired) electrons. The van der Waals surface area contributed by atoms with Gasteiger partial charge < -0.3 is 10.4 Å². The van der Waals surface area contributed by atoms with Gasteiger partial charge in [0.15, 0.2) is 0 Å². The minimum atomic E-state index is 0. The summed E-state index contributed by atoms with van der Waals surface area (Å²) >= 11 is 0. The molecule has 2 nitrogen and oxygen atoms in total. The van der Waals surface area contributed by atoms with Gasteiger partial charge in [-0.2, -0.15) is 0 Å². The zero-order valence-corrected chi connectivity index (χ0v) is 3.95. The number of hydrogen-bond donors (Lipinski definition) is 0. The molecule has 42 valence electrons. The largest absolute Gasteiger partial charge is 0.412 e. The van der Waals surface area contributed by atoms with Crippen LogP contribution in [-0.2, 0) is 0 Å². The van der Waals surface area contributed by atoms with Crippen molar-refractivity contribution in [1.29, 1.82) is 0 Å². The Balaban J connectivity index is -0.0000000450. The lowest BCUT2D eigenvalue weighted by Crippen LogP contribution is -1.99. The topological polar surface area (TPSA) is 34.7 Å². The van der Waals surface area contributed by atoms with Gasteiger partial charge in [-0.25, -0.2) is 0 Å². The molecule has 0 unspecified atom stereocenters. The van der Waals surface area contributed by atoms with Crippen LogP contribution in [0.2, 0.25) is 0 Å². The van der Waals surface area contributed by atoms with Gasteiger partial charge in [0.2, 0.25) is 0 Å². The first-order chi connectivity index (χ1) is 1.73. The first-order valence-corrected chi connectivity index (χ1v) is 1.34. The van der Waals surface area contributed by atoms with E-state index in [4.69, 9.17) is 0 Å². The standard InChI is InChI=1S/C3H9N.CH4.H2O/c1-4(2)3;;/h1-3H3;1H4;1H2. The van der Waals surface area contributed by atoms with Gasteiger partial charge in [-0.05, 0) is 21.1 Å². The molecule has 0 aliphatic rings. The van der Waals surface area contributed by atoms with E-state index in [2.05, 4.69) is 0 Å². The van der Waals surface area contributed by atoms with Crippen LogP contribution in [0.1, 0.15) is 7.43 Å². The third kappa shape index (κ3) is 5220. The SMILES string of the molecule is C.CN(C)C.O. The Morgan fingerprint density at radius 1 is 1.00 bits per heavy atom. The Kier molecular flexibility index (Phi) is 24.8. The highest BCUT2D eigenvalue weighted by atomic mass is 16.0. The summed E-state index contributed by atoms with van der Waals surface area (Å²) in [5.74, 6) is 0. The van der Waals surface area contributed by atoms with Crippen molar-refractivity contribution in [2.75, 3.05) is 21.1 Å². The molecular weight excluding hydrogens is 78.0 g/mol. The maximum atomic E-state index is 2.00. The Morgan fingerprint density at radius 2 is 1.00 bits per heavy atom. The Morgan fingerprint density at radius 3 is 1.00 bits per heavy atom. The molecule has 0 heterocycles. The average molecular weight is 93.2 g/mol. The molecular formula is C4H15NO. The zero-order chi connectivity index (χ0) is 3.58. The van der Waals surface area contributed by atoms with Gasteiger partial charge in [-0.1, -0.05) is 7.43 Å². The Labute approximate surface area is 40.1 Å². The molecule has 0 atom stereocenters. The molecule has 0 aromatic heterocycles. The maximum absolute atomic E-state index is 2.00. The van der Waals surface area contributed by atoms with Crippen molar-refractivity contribution in [3.8, 4) is 0 Å². The molecule has 0 aromatic rings. The van der Waals surface area contributed by atoms with E-state index in [0.29, 0.717) is 0 Å². The van der Waals surface area contributed by atoms with Crippen LogP contribution in [0.25, 0.3) is 0 Å². The van der Waals surface area contributed by atoms with E-state index in [1.165, 1.54) is 0 Å².